The van der Waals surface area contributed by atoms with Crippen molar-refractivity contribution in [2.75, 3.05) is 24.8 Å². The standard InChI is InChI=1S/C15H20N5O14P3/c1-30-12-11(22)8(4-31-36(26,27)34-37(28,29)33-35(23,24)25)32-15(12)20-3-6-7(16)2-9(21)19-13-10(6)14(20)18-5-17-13/h2-3,5,8,11-12,15,22H,4,16H2,1H3,(H,26,27)(H,28,29)(H2,23,24,25)(H,17,18,19,21)/t8-,11-,12-,15-/m1/s1. The monoisotopic (exact) mass is 587 g/mol. The largest absolute Gasteiger partial charge is 0.490 e. The highest BCUT2D eigenvalue weighted by molar-refractivity contribution is 7.66. The van der Waals surface area contributed by atoms with Crippen LogP contribution in [0.15, 0.2) is 22.1 Å². The molecule has 2 aromatic rings. The minimum Gasteiger partial charge on any atom is -0.398 e. The van der Waals surface area contributed by atoms with Crippen LogP contribution in [0.5, 0.6) is 0 Å². The van der Waals surface area contributed by atoms with Crippen LogP contribution in [0.1, 0.15) is 6.23 Å². The van der Waals surface area contributed by atoms with Crippen LogP contribution in [0.3, 0.4) is 0 Å². The van der Waals surface area contributed by atoms with Gasteiger partial charge in [0, 0.05) is 30.4 Å². The first-order valence-corrected chi connectivity index (χ1v) is 14.4. The van der Waals surface area contributed by atoms with Gasteiger partial charge < -0.3 is 49.8 Å². The summed E-state index contributed by atoms with van der Waals surface area (Å²) in [5, 5.41) is 14.2. The van der Waals surface area contributed by atoms with Gasteiger partial charge in [0.15, 0.2) is 6.23 Å². The Morgan fingerprint density at radius 1 is 1.19 bits per heavy atom. The van der Waals surface area contributed by atoms with E-state index in [1.807, 2.05) is 0 Å². The second-order valence-corrected chi connectivity index (χ2v) is 12.0. The Labute approximate surface area is 205 Å². The van der Waals surface area contributed by atoms with E-state index >= 15 is 0 Å². The van der Waals surface area contributed by atoms with Crippen molar-refractivity contribution in [3.05, 3.63) is 22.6 Å². The third kappa shape index (κ3) is 6.00. The summed E-state index contributed by atoms with van der Waals surface area (Å²) >= 11 is 0. The van der Waals surface area contributed by atoms with Gasteiger partial charge in [-0.15, -0.1) is 0 Å². The molecule has 37 heavy (non-hydrogen) atoms. The number of aliphatic hydroxyl groups excluding tert-OH is 1. The molecule has 4 rings (SSSR count). The molecule has 2 aliphatic rings. The van der Waals surface area contributed by atoms with Crippen molar-refractivity contribution in [2.24, 2.45) is 4.99 Å². The van der Waals surface area contributed by atoms with Crippen molar-refractivity contribution >= 4 is 57.9 Å². The van der Waals surface area contributed by atoms with Crippen LogP contribution >= 0.6 is 23.5 Å². The van der Waals surface area contributed by atoms with E-state index in [9.17, 15) is 33.4 Å². The Morgan fingerprint density at radius 2 is 1.89 bits per heavy atom. The highest BCUT2D eigenvalue weighted by Gasteiger charge is 2.48. The van der Waals surface area contributed by atoms with Gasteiger partial charge in [-0.05, 0) is 0 Å². The molecule has 19 nitrogen and oxygen atoms in total. The Bertz CT molecular complexity index is 1460. The summed E-state index contributed by atoms with van der Waals surface area (Å²) in [5.41, 5.74) is 5.50. The fourth-order valence-corrected chi connectivity index (χ4v) is 6.80. The maximum atomic E-state index is 12.0. The van der Waals surface area contributed by atoms with E-state index < -0.39 is 60.2 Å². The highest BCUT2D eigenvalue weighted by atomic mass is 31.3. The molecule has 0 radical (unpaired) electrons. The van der Waals surface area contributed by atoms with Gasteiger partial charge in [-0.1, -0.05) is 0 Å². The summed E-state index contributed by atoms with van der Waals surface area (Å²) in [4.78, 5) is 56.2. The molecule has 2 aliphatic heterocycles. The fraction of sp³-hybridized carbons (Fsp3) is 0.400. The number of hydrogen-bond donors (Lipinski definition) is 7. The lowest BCUT2D eigenvalue weighted by Gasteiger charge is -2.21. The van der Waals surface area contributed by atoms with Crippen LogP contribution in [0, 0.1) is 0 Å². The molecule has 2 unspecified atom stereocenters. The van der Waals surface area contributed by atoms with Gasteiger partial charge in [0.25, 0.3) is 5.56 Å². The maximum absolute atomic E-state index is 12.0. The molecule has 0 aliphatic carbocycles. The number of ether oxygens (including phenoxy) is 2. The first-order valence-electron chi connectivity index (χ1n) is 9.90. The minimum absolute atomic E-state index is 0.0781. The van der Waals surface area contributed by atoms with Crippen LogP contribution in [0.2, 0.25) is 0 Å². The molecule has 204 valence electrons. The average Bonchev–Trinajstić information content (AvgIpc) is 3.23. The lowest BCUT2D eigenvalue weighted by atomic mass is 10.1. The summed E-state index contributed by atoms with van der Waals surface area (Å²) in [6.07, 6.45) is -2.39. The number of aromatic nitrogens is 2. The SMILES string of the molecule is CO[C@@H]1[C@H](O)[C@@H](COP(=O)(O)OP(=O)(O)OP(=O)(O)O)O[C@H]1n1cc2c(N)cc(=O)nc3c2c1N=CN3. The molecule has 8 N–H and O–H groups in total. The molecule has 2 aromatic heterocycles. The number of anilines is 2. The summed E-state index contributed by atoms with van der Waals surface area (Å²) < 4.78 is 58.7. The van der Waals surface area contributed by atoms with Crippen molar-refractivity contribution in [2.45, 2.75) is 24.5 Å². The van der Waals surface area contributed by atoms with Gasteiger partial charge in [-0.2, -0.15) is 13.6 Å². The topological polar surface area (TPSA) is 284 Å². The second kappa shape index (κ2) is 9.91. The van der Waals surface area contributed by atoms with Gasteiger partial charge in [0.1, 0.15) is 29.9 Å². The summed E-state index contributed by atoms with van der Waals surface area (Å²) in [5.74, 6) is 0.392. The van der Waals surface area contributed by atoms with E-state index in [0.29, 0.717) is 10.8 Å². The van der Waals surface area contributed by atoms with E-state index in [1.165, 1.54) is 24.2 Å². The molecule has 1 fully saturated rings. The maximum Gasteiger partial charge on any atom is 0.490 e. The van der Waals surface area contributed by atoms with E-state index in [2.05, 4.69) is 28.4 Å². The number of nitrogens with two attached hydrogens (primary N) is 1. The van der Waals surface area contributed by atoms with Crippen molar-refractivity contribution in [3.63, 3.8) is 0 Å². The lowest BCUT2D eigenvalue weighted by Crippen LogP contribution is -2.35. The number of nitrogen functional groups attached to an aromatic ring is 1. The molecule has 6 atom stereocenters. The Morgan fingerprint density at radius 3 is 2.54 bits per heavy atom. The lowest BCUT2D eigenvalue weighted by molar-refractivity contribution is -0.0583. The smallest absolute Gasteiger partial charge is 0.398 e. The predicted octanol–water partition coefficient (Wildman–Crippen LogP) is -0.319. The average molecular weight is 587 g/mol. The van der Waals surface area contributed by atoms with Crippen LogP contribution < -0.4 is 16.6 Å². The number of hydrogen-bond acceptors (Lipinski definition) is 14. The molecule has 1 saturated heterocycles. The quantitative estimate of drug-likeness (QED) is 0.185. The molecule has 4 heterocycles. The zero-order valence-electron chi connectivity index (χ0n) is 18.4. The van der Waals surface area contributed by atoms with Gasteiger partial charge >= 0.3 is 23.5 Å². The van der Waals surface area contributed by atoms with Gasteiger partial charge in [-0.25, -0.2) is 18.7 Å². The van der Waals surface area contributed by atoms with Gasteiger partial charge in [0.05, 0.1) is 18.3 Å². The molecule has 0 amide bonds. The Kier molecular flexibility index (Phi) is 7.48. The molecule has 22 heteroatoms. The number of rotatable bonds is 9. The molecule has 0 spiro atoms. The molecular weight excluding hydrogens is 567 g/mol. The first-order chi connectivity index (χ1) is 17.1. The van der Waals surface area contributed by atoms with Gasteiger partial charge in [0.2, 0.25) is 0 Å². The van der Waals surface area contributed by atoms with Crippen LogP contribution in [-0.4, -0.2) is 72.6 Å². The van der Waals surface area contributed by atoms with E-state index in [0.717, 1.165) is 6.07 Å². The zero-order valence-corrected chi connectivity index (χ0v) is 21.1. The van der Waals surface area contributed by atoms with Crippen LogP contribution in [-0.2, 0) is 36.3 Å². The zero-order chi connectivity index (χ0) is 27.3. The summed E-state index contributed by atoms with van der Waals surface area (Å²) in [7, 11) is -15.5. The third-order valence-corrected chi connectivity index (χ3v) is 8.92. The number of nitrogens with one attached hydrogen (secondary N) is 1. The van der Waals surface area contributed by atoms with Crippen molar-refractivity contribution in [1.82, 2.24) is 9.55 Å². The van der Waals surface area contributed by atoms with E-state index in [4.69, 9.17) is 25.0 Å². The van der Waals surface area contributed by atoms with Crippen LogP contribution in [0.4, 0.5) is 17.3 Å². The number of nitrogens with zero attached hydrogens (tertiary/aromatic N) is 3. The molecule has 0 aromatic carbocycles. The summed E-state index contributed by atoms with van der Waals surface area (Å²) in [6, 6.07) is 1.11. The van der Waals surface area contributed by atoms with E-state index in [-0.39, 0.29) is 17.3 Å². The third-order valence-electron chi connectivity index (χ3n) is 5.12. The van der Waals surface area contributed by atoms with Crippen molar-refractivity contribution in [1.29, 1.82) is 0 Å². The number of phosphoric acid groups is 3. The number of aliphatic hydroxyl groups is 1. The van der Waals surface area contributed by atoms with Crippen molar-refractivity contribution < 1.29 is 61.0 Å². The fourth-order valence-electron chi connectivity index (χ4n) is 3.77. The molecule has 0 bridgehead atoms. The Hall–Kier alpha value is -2.08. The molecular formula is C15H20N5O14P3. The highest BCUT2D eigenvalue weighted by Crippen LogP contribution is 2.66. The van der Waals surface area contributed by atoms with Gasteiger partial charge in [-0.3, -0.25) is 9.32 Å². The van der Waals surface area contributed by atoms with Crippen LogP contribution in [0.25, 0.3) is 10.8 Å². The predicted molar refractivity (Wildman–Crippen MR) is 123 cm³/mol. The Balaban J connectivity index is 1.58. The van der Waals surface area contributed by atoms with Crippen molar-refractivity contribution in [3.8, 4) is 0 Å². The number of aliphatic imine (C=N–C) groups is 1. The first kappa shape index (κ1) is 27.9. The number of phosphoric ester groups is 1. The van der Waals surface area contributed by atoms with E-state index in [1.54, 1.807) is 0 Å². The normalized spacial score (nSPS) is 26.5. The summed E-state index contributed by atoms with van der Waals surface area (Å²) in [6.45, 7) is -0.911. The number of methoxy groups -OCH3 is 1. The minimum atomic E-state index is -5.73. The molecule has 0 saturated carbocycles. The second-order valence-electron chi connectivity index (χ2n) is 7.59.